The Morgan fingerprint density at radius 3 is 2.35 bits per heavy atom. The molecule has 1 aromatic rings. The van der Waals surface area contributed by atoms with Gasteiger partial charge in [0, 0.05) is 12.6 Å². The van der Waals surface area contributed by atoms with Gasteiger partial charge in [0.25, 0.3) is 0 Å². The quantitative estimate of drug-likeness (QED) is 0.696. The maximum atomic E-state index is 5.99. The van der Waals surface area contributed by atoms with Crippen molar-refractivity contribution >= 4 is 0 Å². The summed E-state index contributed by atoms with van der Waals surface area (Å²) < 4.78 is 5.99. The van der Waals surface area contributed by atoms with Crippen LogP contribution in [0.3, 0.4) is 0 Å². The van der Waals surface area contributed by atoms with Gasteiger partial charge in [-0.15, -0.1) is 0 Å². The van der Waals surface area contributed by atoms with E-state index in [2.05, 4.69) is 63.3 Å². The second-order valence-corrected chi connectivity index (χ2v) is 5.75. The van der Waals surface area contributed by atoms with Gasteiger partial charge in [0.15, 0.2) is 0 Å². The molecule has 2 unspecified atom stereocenters. The van der Waals surface area contributed by atoms with E-state index in [1.807, 2.05) is 0 Å². The summed E-state index contributed by atoms with van der Waals surface area (Å²) in [6.07, 6.45) is 3.71. The summed E-state index contributed by atoms with van der Waals surface area (Å²) in [6.45, 7) is 10.7. The first-order valence-corrected chi connectivity index (χ1v) is 8.07. The lowest BCUT2D eigenvalue weighted by atomic mass is 9.94. The van der Waals surface area contributed by atoms with Crippen LogP contribution < -0.4 is 5.32 Å². The lowest BCUT2D eigenvalue weighted by Gasteiger charge is -2.31. The van der Waals surface area contributed by atoms with Gasteiger partial charge in [-0.2, -0.15) is 0 Å². The van der Waals surface area contributed by atoms with Crippen LogP contribution in [0.2, 0.25) is 0 Å². The summed E-state index contributed by atoms with van der Waals surface area (Å²) in [4.78, 5) is 0. The van der Waals surface area contributed by atoms with Gasteiger partial charge in [-0.05, 0) is 44.2 Å². The summed E-state index contributed by atoms with van der Waals surface area (Å²) in [5, 5.41) is 3.68. The highest BCUT2D eigenvalue weighted by atomic mass is 16.5. The summed E-state index contributed by atoms with van der Waals surface area (Å²) in [5.41, 5.74) is 1.41. The minimum Gasteiger partial charge on any atom is -0.377 e. The Kier molecular flexibility index (Phi) is 8.56. The van der Waals surface area contributed by atoms with Crippen molar-refractivity contribution in [3.63, 3.8) is 0 Å². The van der Waals surface area contributed by atoms with E-state index in [1.54, 1.807) is 0 Å². The highest BCUT2D eigenvalue weighted by molar-refractivity contribution is 5.14. The van der Waals surface area contributed by atoms with Crippen LogP contribution in [-0.4, -0.2) is 25.3 Å². The topological polar surface area (TPSA) is 21.3 Å². The zero-order valence-electron chi connectivity index (χ0n) is 13.6. The van der Waals surface area contributed by atoms with E-state index in [4.69, 9.17) is 4.74 Å². The van der Waals surface area contributed by atoms with E-state index in [-0.39, 0.29) is 0 Å². The van der Waals surface area contributed by atoms with E-state index < -0.39 is 0 Å². The maximum Gasteiger partial charge on any atom is 0.0750 e. The molecule has 0 radical (unpaired) electrons. The minimum atomic E-state index is 0.301. The highest BCUT2D eigenvalue weighted by Crippen LogP contribution is 2.16. The number of hydrogen-bond acceptors (Lipinski definition) is 2. The summed E-state index contributed by atoms with van der Waals surface area (Å²) in [6, 6.07) is 11.2. The van der Waals surface area contributed by atoms with Gasteiger partial charge in [0.2, 0.25) is 0 Å². The second-order valence-electron chi connectivity index (χ2n) is 5.75. The molecule has 2 atom stereocenters. The standard InChI is InChI=1S/C18H31NO/c1-5-14-19-17(18(15(3)4)20-6-2)13-12-16-10-8-7-9-11-16/h7-11,15,17-19H,5-6,12-14H2,1-4H3. The Morgan fingerprint density at radius 2 is 1.80 bits per heavy atom. The number of rotatable bonds is 10. The van der Waals surface area contributed by atoms with Gasteiger partial charge in [-0.25, -0.2) is 0 Å². The van der Waals surface area contributed by atoms with Crippen molar-refractivity contribution in [2.45, 2.75) is 59.1 Å². The van der Waals surface area contributed by atoms with Crippen molar-refractivity contribution in [3.05, 3.63) is 35.9 Å². The summed E-state index contributed by atoms with van der Waals surface area (Å²) in [5.74, 6) is 0.542. The lowest BCUT2D eigenvalue weighted by Crippen LogP contribution is -2.45. The molecule has 0 amide bonds. The molecule has 0 saturated carbocycles. The normalized spacial score (nSPS) is 14.4. The molecule has 2 heteroatoms. The Morgan fingerprint density at radius 1 is 1.10 bits per heavy atom. The molecule has 1 aromatic carbocycles. The van der Waals surface area contributed by atoms with Gasteiger partial charge in [0.05, 0.1) is 6.10 Å². The Bertz CT molecular complexity index is 337. The van der Waals surface area contributed by atoms with Gasteiger partial charge in [-0.1, -0.05) is 51.1 Å². The smallest absolute Gasteiger partial charge is 0.0750 e. The Balaban J connectivity index is 2.62. The van der Waals surface area contributed by atoms with E-state index in [0.717, 1.165) is 26.0 Å². The molecule has 1 rings (SSSR count). The van der Waals surface area contributed by atoms with Crippen molar-refractivity contribution in [2.75, 3.05) is 13.2 Å². The monoisotopic (exact) mass is 277 g/mol. The molecule has 20 heavy (non-hydrogen) atoms. The minimum absolute atomic E-state index is 0.301. The van der Waals surface area contributed by atoms with Crippen molar-refractivity contribution < 1.29 is 4.74 Å². The molecular formula is C18H31NO. The Labute approximate surface area is 124 Å². The van der Waals surface area contributed by atoms with Crippen LogP contribution in [-0.2, 0) is 11.2 Å². The Hall–Kier alpha value is -0.860. The van der Waals surface area contributed by atoms with E-state index in [9.17, 15) is 0 Å². The van der Waals surface area contributed by atoms with E-state index in [0.29, 0.717) is 18.1 Å². The number of hydrogen-bond donors (Lipinski definition) is 1. The van der Waals surface area contributed by atoms with E-state index >= 15 is 0 Å². The second kappa shape index (κ2) is 9.95. The van der Waals surface area contributed by atoms with Gasteiger partial charge in [0.1, 0.15) is 0 Å². The molecule has 114 valence electrons. The van der Waals surface area contributed by atoms with Crippen molar-refractivity contribution in [2.24, 2.45) is 5.92 Å². The molecule has 0 aromatic heterocycles. The summed E-state index contributed by atoms with van der Waals surface area (Å²) in [7, 11) is 0. The first-order chi connectivity index (χ1) is 9.69. The van der Waals surface area contributed by atoms with Crippen molar-refractivity contribution in [3.8, 4) is 0 Å². The molecule has 0 aliphatic carbocycles. The van der Waals surface area contributed by atoms with Crippen LogP contribution >= 0.6 is 0 Å². The lowest BCUT2D eigenvalue weighted by molar-refractivity contribution is 0.00160. The average Bonchev–Trinajstić information content (AvgIpc) is 2.46. The van der Waals surface area contributed by atoms with Gasteiger partial charge < -0.3 is 10.1 Å². The van der Waals surface area contributed by atoms with Gasteiger partial charge in [-0.3, -0.25) is 0 Å². The SMILES string of the molecule is CCCNC(CCc1ccccc1)C(OCC)C(C)C. The molecule has 0 bridgehead atoms. The van der Waals surface area contributed by atoms with Crippen LogP contribution in [0, 0.1) is 5.92 Å². The molecule has 1 N–H and O–H groups in total. The predicted molar refractivity (Wildman–Crippen MR) is 87.1 cm³/mol. The zero-order valence-corrected chi connectivity index (χ0v) is 13.6. The first-order valence-electron chi connectivity index (χ1n) is 8.07. The largest absolute Gasteiger partial charge is 0.377 e. The van der Waals surface area contributed by atoms with Gasteiger partial charge >= 0.3 is 0 Å². The molecule has 0 heterocycles. The molecule has 0 fully saturated rings. The number of benzene rings is 1. The van der Waals surface area contributed by atoms with Crippen LogP contribution in [0.5, 0.6) is 0 Å². The van der Waals surface area contributed by atoms with Crippen LogP contribution in [0.25, 0.3) is 0 Å². The third-order valence-corrected chi connectivity index (χ3v) is 3.66. The van der Waals surface area contributed by atoms with Crippen LogP contribution in [0.4, 0.5) is 0 Å². The van der Waals surface area contributed by atoms with Crippen LogP contribution in [0.1, 0.15) is 46.1 Å². The molecular weight excluding hydrogens is 246 g/mol. The molecule has 0 aliphatic heterocycles. The van der Waals surface area contributed by atoms with Crippen LogP contribution in [0.15, 0.2) is 30.3 Å². The number of nitrogens with one attached hydrogen (secondary N) is 1. The molecule has 2 nitrogen and oxygen atoms in total. The molecule has 0 aliphatic rings. The third-order valence-electron chi connectivity index (χ3n) is 3.66. The number of aryl methyl sites for hydroxylation is 1. The third kappa shape index (κ3) is 6.06. The van der Waals surface area contributed by atoms with Crippen molar-refractivity contribution in [1.82, 2.24) is 5.32 Å². The fourth-order valence-corrected chi connectivity index (χ4v) is 2.64. The summed E-state index contributed by atoms with van der Waals surface area (Å²) >= 11 is 0. The molecule has 0 spiro atoms. The van der Waals surface area contributed by atoms with Crippen molar-refractivity contribution in [1.29, 1.82) is 0 Å². The predicted octanol–water partition coefficient (Wildman–Crippen LogP) is 4.05. The zero-order chi connectivity index (χ0) is 14.8. The first kappa shape index (κ1) is 17.2. The van der Waals surface area contributed by atoms with E-state index in [1.165, 1.54) is 12.0 Å². The fourth-order valence-electron chi connectivity index (χ4n) is 2.64. The average molecular weight is 277 g/mol. The highest BCUT2D eigenvalue weighted by Gasteiger charge is 2.24. The maximum absolute atomic E-state index is 5.99. The fraction of sp³-hybridized carbons (Fsp3) is 0.667. The number of ether oxygens (including phenoxy) is 1. The molecule has 0 saturated heterocycles.